The van der Waals surface area contributed by atoms with Crippen molar-refractivity contribution in [2.24, 2.45) is 5.73 Å². The number of rotatable bonds is 4. The summed E-state index contributed by atoms with van der Waals surface area (Å²) in [5, 5.41) is 6.88. The molecule has 1 aliphatic rings. The lowest BCUT2D eigenvalue weighted by molar-refractivity contribution is 0.579. The average molecular weight is 314 g/mol. The van der Waals surface area contributed by atoms with E-state index in [9.17, 15) is 8.42 Å². The Kier molecular flexibility index (Phi) is 4.54. The lowest BCUT2D eigenvalue weighted by atomic mass is 10.3. The molecule has 0 spiro atoms. The van der Waals surface area contributed by atoms with Crippen LogP contribution in [-0.2, 0) is 9.84 Å². The van der Waals surface area contributed by atoms with Crippen molar-refractivity contribution < 1.29 is 8.42 Å². The summed E-state index contributed by atoms with van der Waals surface area (Å²) in [6.07, 6.45) is 0. The Bertz CT molecular complexity index is 603. The van der Waals surface area contributed by atoms with E-state index < -0.39 is 15.2 Å². The number of anilines is 1. The number of nitrogens with two attached hydrogens (primary N) is 1. The summed E-state index contributed by atoms with van der Waals surface area (Å²) >= 11 is 1.64. The predicted octanol–water partition coefficient (Wildman–Crippen LogP) is 0.680. The third kappa shape index (κ3) is 3.06. The summed E-state index contributed by atoms with van der Waals surface area (Å²) in [7, 11) is -3.17. The second-order valence-corrected chi connectivity index (χ2v) is 8.07. The fraction of sp³-hybridized carbons (Fsp3) is 0.500. The van der Waals surface area contributed by atoms with Gasteiger partial charge in [0.15, 0.2) is 9.84 Å². The Morgan fingerprint density at radius 1 is 1.60 bits per heavy atom. The molecule has 20 heavy (non-hydrogen) atoms. The molecule has 0 amide bonds. The number of aromatic nitrogens is 1. The van der Waals surface area contributed by atoms with Gasteiger partial charge in [-0.15, -0.1) is 0 Å². The van der Waals surface area contributed by atoms with Crippen molar-refractivity contribution in [3.8, 4) is 0 Å². The van der Waals surface area contributed by atoms with Gasteiger partial charge in [-0.1, -0.05) is 13.0 Å². The monoisotopic (exact) mass is 314 g/mol. The first-order valence-electron chi connectivity index (χ1n) is 6.33. The molecule has 2 heterocycles. The number of hydrogen-bond donors (Lipinski definition) is 2. The van der Waals surface area contributed by atoms with Crippen molar-refractivity contribution in [3.63, 3.8) is 0 Å². The normalized spacial score (nSPS) is 19.9. The second-order valence-electron chi connectivity index (χ2n) is 4.47. The molecule has 0 radical (unpaired) electrons. The smallest absolute Gasteiger partial charge is 0.171 e. The van der Waals surface area contributed by atoms with Crippen molar-refractivity contribution in [1.29, 1.82) is 5.41 Å². The summed E-state index contributed by atoms with van der Waals surface area (Å²) in [6.45, 7) is 2.29. The molecular formula is C12H18N4O2S2. The fourth-order valence-corrected chi connectivity index (χ4v) is 5.04. The molecule has 0 saturated carbocycles. The molecule has 1 aliphatic heterocycles. The molecular weight excluding hydrogens is 296 g/mol. The Balaban J connectivity index is 2.38. The number of nitrogen functional groups attached to an aromatic ring is 1. The lowest BCUT2D eigenvalue weighted by Crippen LogP contribution is -2.48. The van der Waals surface area contributed by atoms with E-state index in [0.717, 1.165) is 5.75 Å². The van der Waals surface area contributed by atoms with Gasteiger partial charge in [0.05, 0.1) is 0 Å². The summed E-state index contributed by atoms with van der Waals surface area (Å²) < 4.78 is 24.4. The molecule has 1 atom stereocenters. The lowest BCUT2D eigenvalue weighted by Gasteiger charge is -2.35. The molecule has 6 nitrogen and oxygen atoms in total. The van der Waals surface area contributed by atoms with Crippen LogP contribution in [0.4, 0.5) is 5.82 Å². The summed E-state index contributed by atoms with van der Waals surface area (Å²) in [5.41, 5.74) is 5.81. The summed E-state index contributed by atoms with van der Waals surface area (Å²) in [5.74, 6) is 1.97. The quantitative estimate of drug-likeness (QED) is 0.626. The maximum atomic E-state index is 12.2. The van der Waals surface area contributed by atoms with Crippen molar-refractivity contribution >= 4 is 33.3 Å². The number of pyridine rings is 1. The average Bonchev–Trinajstić information content (AvgIpc) is 2.47. The van der Waals surface area contributed by atoms with E-state index in [-0.39, 0.29) is 11.6 Å². The van der Waals surface area contributed by atoms with Crippen LogP contribution in [-0.4, -0.2) is 48.4 Å². The number of hydrogen-bond acceptors (Lipinski definition) is 6. The van der Waals surface area contributed by atoms with E-state index in [1.54, 1.807) is 36.9 Å². The molecule has 0 bridgehead atoms. The molecule has 1 saturated heterocycles. The number of nitrogens with zero attached hydrogens (tertiary/aromatic N) is 2. The van der Waals surface area contributed by atoms with Crippen LogP contribution < -0.4 is 10.6 Å². The van der Waals surface area contributed by atoms with Gasteiger partial charge in [-0.2, -0.15) is 11.8 Å². The van der Waals surface area contributed by atoms with Gasteiger partial charge in [0.1, 0.15) is 22.7 Å². The Labute approximate surface area is 123 Å². The van der Waals surface area contributed by atoms with Crippen LogP contribution in [0.3, 0.4) is 0 Å². The van der Waals surface area contributed by atoms with Gasteiger partial charge < -0.3 is 10.6 Å². The van der Waals surface area contributed by atoms with Gasteiger partial charge in [-0.05, 0) is 12.1 Å². The van der Waals surface area contributed by atoms with Crippen LogP contribution in [0, 0.1) is 5.41 Å². The highest BCUT2D eigenvalue weighted by atomic mass is 32.2. The third-order valence-corrected chi connectivity index (χ3v) is 6.49. The van der Waals surface area contributed by atoms with Crippen LogP contribution in [0.15, 0.2) is 18.2 Å². The van der Waals surface area contributed by atoms with Crippen molar-refractivity contribution in [2.75, 3.05) is 28.7 Å². The number of sulfone groups is 1. The van der Waals surface area contributed by atoms with Crippen LogP contribution in [0.25, 0.3) is 0 Å². The number of amidine groups is 1. The van der Waals surface area contributed by atoms with E-state index in [0.29, 0.717) is 23.8 Å². The molecule has 0 aliphatic carbocycles. The largest absolute Gasteiger partial charge is 0.382 e. The predicted molar refractivity (Wildman–Crippen MR) is 83.2 cm³/mol. The minimum absolute atomic E-state index is 0.112. The van der Waals surface area contributed by atoms with Gasteiger partial charge in [0.25, 0.3) is 0 Å². The van der Waals surface area contributed by atoms with Crippen LogP contribution >= 0.6 is 11.8 Å². The zero-order chi connectivity index (χ0) is 14.8. The first kappa shape index (κ1) is 15.1. The van der Waals surface area contributed by atoms with Crippen LogP contribution in [0.5, 0.6) is 0 Å². The zero-order valence-corrected chi connectivity index (χ0v) is 12.9. The Hall–Kier alpha value is -1.28. The first-order chi connectivity index (χ1) is 9.45. The van der Waals surface area contributed by atoms with Gasteiger partial charge in [0, 0.05) is 23.8 Å². The molecule has 1 aromatic heterocycles. The topological polar surface area (TPSA) is 100 Å². The highest BCUT2D eigenvalue weighted by Gasteiger charge is 2.33. The second kappa shape index (κ2) is 6.01. The Morgan fingerprint density at radius 3 is 3.00 bits per heavy atom. The highest BCUT2D eigenvalue weighted by molar-refractivity contribution is 8.01. The number of thioether (sulfide) groups is 1. The standard InChI is InChI=1S/C12H18N4O2S2/c1-2-20(17,18)11-8-19-7-6-16(11)10-5-3-4-9(15-10)12(13)14/h3-5,11H,2,6-8H2,1H3,(H3,13,14). The van der Waals surface area contributed by atoms with Crippen LogP contribution in [0.1, 0.15) is 12.6 Å². The van der Waals surface area contributed by atoms with Crippen molar-refractivity contribution in [1.82, 2.24) is 4.98 Å². The summed E-state index contributed by atoms with van der Waals surface area (Å²) in [6, 6.07) is 5.16. The van der Waals surface area contributed by atoms with Crippen molar-refractivity contribution in [3.05, 3.63) is 23.9 Å². The van der Waals surface area contributed by atoms with E-state index in [1.807, 2.05) is 4.90 Å². The SMILES string of the molecule is CCS(=O)(=O)C1CSCCN1c1cccc(C(=N)N)n1. The van der Waals surface area contributed by atoms with E-state index in [2.05, 4.69) is 4.98 Å². The van der Waals surface area contributed by atoms with E-state index in [4.69, 9.17) is 11.1 Å². The third-order valence-electron chi connectivity index (χ3n) is 3.21. The number of nitrogens with one attached hydrogen (secondary N) is 1. The van der Waals surface area contributed by atoms with Gasteiger partial charge in [0.2, 0.25) is 0 Å². The maximum Gasteiger partial charge on any atom is 0.171 e. The molecule has 2 rings (SSSR count). The fourth-order valence-electron chi connectivity index (χ4n) is 2.07. The van der Waals surface area contributed by atoms with Crippen molar-refractivity contribution in [2.45, 2.75) is 12.3 Å². The highest BCUT2D eigenvalue weighted by Crippen LogP contribution is 2.26. The first-order valence-corrected chi connectivity index (χ1v) is 9.20. The molecule has 1 fully saturated rings. The van der Waals surface area contributed by atoms with Gasteiger partial charge in [-0.3, -0.25) is 5.41 Å². The molecule has 8 heteroatoms. The van der Waals surface area contributed by atoms with E-state index >= 15 is 0 Å². The van der Waals surface area contributed by atoms with Gasteiger partial charge in [-0.25, -0.2) is 13.4 Å². The molecule has 110 valence electrons. The molecule has 3 N–H and O–H groups in total. The van der Waals surface area contributed by atoms with Gasteiger partial charge >= 0.3 is 0 Å². The Morgan fingerprint density at radius 2 is 2.35 bits per heavy atom. The minimum Gasteiger partial charge on any atom is -0.382 e. The summed E-state index contributed by atoms with van der Waals surface area (Å²) in [4.78, 5) is 6.10. The zero-order valence-electron chi connectivity index (χ0n) is 11.2. The molecule has 1 unspecified atom stereocenters. The molecule has 1 aromatic rings. The molecule has 0 aromatic carbocycles. The maximum absolute atomic E-state index is 12.2. The minimum atomic E-state index is -3.17. The van der Waals surface area contributed by atoms with E-state index in [1.165, 1.54) is 0 Å². The van der Waals surface area contributed by atoms with Crippen LogP contribution in [0.2, 0.25) is 0 Å².